The summed E-state index contributed by atoms with van der Waals surface area (Å²) in [6.45, 7) is 6.92. The van der Waals surface area contributed by atoms with Gasteiger partial charge >= 0.3 is 0 Å². The summed E-state index contributed by atoms with van der Waals surface area (Å²) in [5.41, 5.74) is 1.54. The SMILES string of the molecule is CCN(C)C(=O)c1cc(CC(C)C)[nH]n1. The molecule has 1 N–H and O–H groups in total. The monoisotopic (exact) mass is 209 g/mol. The molecule has 0 radical (unpaired) electrons. The highest BCUT2D eigenvalue weighted by molar-refractivity contribution is 5.92. The van der Waals surface area contributed by atoms with Crippen molar-refractivity contribution < 1.29 is 4.79 Å². The zero-order valence-corrected chi connectivity index (χ0v) is 9.87. The van der Waals surface area contributed by atoms with Gasteiger partial charge in [-0.15, -0.1) is 0 Å². The smallest absolute Gasteiger partial charge is 0.274 e. The van der Waals surface area contributed by atoms with Gasteiger partial charge in [-0.2, -0.15) is 5.10 Å². The first kappa shape index (κ1) is 11.8. The number of nitrogens with zero attached hydrogens (tertiary/aromatic N) is 2. The van der Waals surface area contributed by atoms with E-state index in [0.717, 1.165) is 12.1 Å². The van der Waals surface area contributed by atoms with Gasteiger partial charge in [0.25, 0.3) is 5.91 Å². The fourth-order valence-corrected chi connectivity index (χ4v) is 1.35. The number of hydrogen-bond donors (Lipinski definition) is 1. The minimum Gasteiger partial charge on any atom is -0.341 e. The van der Waals surface area contributed by atoms with Gasteiger partial charge < -0.3 is 4.90 Å². The van der Waals surface area contributed by atoms with Crippen molar-refractivity contribution in [2.24, 2.45) is 5.92 Å². The maximum absolute atomic E-state index is 11.7. The van der Waals surface area contributed by atoms with Crippen LogP contribution in [-0.4, -0.2) is 34.6 Å². The molecule has 1 rings (SSSR count). The molecular weight excluding hydrogens is 190 g/mol. The molecule has 1 aromatic heterocycles. The lowest BCUT2D eigenvalue weighted by molar-refractivity contribution is 0.0796. The van der Waals surface area contributed by atoms with E-state index in [4.69, 9.17) is 0 Å². The lowest BCUT2D eigenvalue weighted by Gasteiger charge is -2.11. The van der Waals surface area contributed by atoms with E-state index < -0.39 is 0 Å². The van der Waals surface area contributed by atoms with E-state index in [1.807, 2.05) is 13.0 Å². The van der Waals surface area contributed by atoms with Gasteiger partial charge in [-0.05, 0) is 25.3 Å². The molecule has 0 aliphatic heterocycles. The summed E-state index contributed by atoms with van der Waals surface area (Å²) in [7, 11) is 1.78. The molecule has 1 heterocycles. The van der Waals surface area contributed by atoms with E-state index in [9.17, 15) is 4.79 Å². The minimum absolute atomic E-state index is 0.0243. The summed E-state index contributed by atoms with van der Waals surface area (Å²) in [5, 5.41) is 6.92. The second-order valence-electron chi connectivity index (χ2n) is 4.20. The maximum Gasteiger partial charge on any atom is 0.274 e. The third-order valence-corrected chi connectivity index (χ3v) is 2.30. The van der Waals surface area contributed by atoms with E-state index in [2.05, 4.69) is 24.0 Å². The third-order valence-electron chi connectivity index (χ3n) is 2.30. The highest BCUT2D eigenvalue weighted by Crippen LogP contribution is 2.08. The Labute approximate surface area is 90.7 Å². The number of amides is 1. The van der Waals surface area contributed by atoms with Crippen LogP contribution in [0.5, 0.6) is 0 Å². The molecule has 0 aromatic carbocycles. The largest absolute Gasteiger partial charge is 0.341 e. The topological polar surface area (TPSA) is 49.0 Å². The van der Waals surface area contributed by atoms with Crippen LogP contribution in [0.15, 0.2) is 6.07 Å². The lowest BCUT2D eigenvalue weighted by Crippen LogP contribution is -2.26. The van der Waals surface area contributed by atoms with Crippen LogP contribution in [0.4, 0.5) is 0 Å². The molecule has 1 amide bonds. The average Bonchev–Trinajstić information content (AvgIpc) is 2.63. The Kier molecular flexibility index (Phi) is 3.88. The Hall–Kier alpha value is -1.32. The first-order valence-corrected chi connectivity index (χ1v) is 5.34. The Balaban J connectivity index is 2.71. The molecule has 0 unspecified atom stereocenters. The second-order valence-corrected chi connectivity index (χ2v) is 4.20. The molecule has 0 saturated carbocycles. The van der Waals surface area contributed by atoms with E-state index in [-0.39, 0.29) is 5.91 Å². The maximum atomic E-state index is 11.7. The highest BCUT2D eigenvalue weighted by atomic mass is 16.2. The van der Waals surface area contributed by atoms with Crippen LogP contribution in [0, 0.1) is 5.92 Å². The summed E-state index contributed by atoms with van der Waals surface area (Å²) in [6, 6.07) is 1.84. The van der Waals surface area contributed by atoms with Crippen LogP contribution in [-0.2, 0) is 6.42 Å². The van der Waals surface area contributed by atoms with E-state index in [0.29, 0.717) is 18.2 Å². The van der Waals surface area contributed by atoms with Gasteiger partial charge in [0.2, 0.25) is 0 Å². The van der Waals surface area contributed by atoms with Crippen LogP contribution in [0.3, 0.4) is 0 Å². The van der Waals surface area contributed by atoms with Crippen LogP contribution < -0.4 is 0 Å². The average molecular weight is 209 g/mol. The van der Waals surface area contributed by atoms with E-state index in [1.54, 1.807) is 11.9 Å². The van der Waals surface area contributed by atoms with Crippen molar-refractivity contribution in [1.82, 2.24) is 15.1 Å². The Bertz CT molecular complexity index is 330. The Morgan fingerprint density at radius 2 is 2.27 bits per heavy atom. The van der Waals surface area contributed by atoms with Crippen LogP contribution >= 0.6 is 0 Å². The molecule has 0 aliphatic carbocycles. The number of aromatic amines is 1. The molecule has 4 nitrogen and oxygen atoms in total. The molecule has 15 heavy (non-hydrogen) atoms. The number of aromatic nitrogens is 2. The zero-order valence-electron chi connectivity index (χ0n) is 9.87. The predicted octanol–water partition coefficient (Wildman–Crippen LogP) is 1.70. The standard InChI is InChI=1S/C11H19N3O/c1-5-14(4)11(15)10-7-9(12-13-10)6-8(2)3/h7-8H,5-6H2,1-4H3,(H,12,13). The van der Waals surface area contributed by atoms with Gasteiger partial charge in [0.15, 0.2) is 0 Å². The van der Waals surface area contributed by atoms with Crippen molar-refractivity contribution in [3.63, 3.8) is 0 Å². The van der Waals surface area contributed by atoms with Gasteiger partial charge in [-0.3, -0.25) is 9.89 Å². The number of hydrogen-bond acceptors (Lipinski definition) is 2. The first-order chi connectivity index (χ1) is 7.04. The van der Waals surface area contributed by atoms with Crippen LogP contribution in [0.25, 0.3) is 0 Å². The summed E-state index contributed by atoms with van der Waals surface area (Å²) in [5.74, 6) is 0.543. The number of carbonyl (C=O) groups excluding carboxylic acids is 1. The molecule has 0 aliphatic rings. The second kappa shape index (κ2) is 4.96. The zero-order chi connectivity index (χ0) is 11.4. The molecule has 1 aromatic rings. The van der Waals surface area contributed by atoms with Gasteiger partial charge in [-0.1, -0.05) is 13.8 Å². The summed E-state index contributed by atoms with van der Waals surface area (Å²) < 4.78 is 0. The van der Waals surface area contributed by atoms with E-state index in [1.165, 1.54) is 0 Å². The summed E-state index contributed by atoms with van der Waals surface area (Å²) in [6.07, 6.45) is 0.927. The molecule has 0 spiro atoms. The molecule has 0 saturated heterocycles. The van der Waals surface area contributed by atoms with Crippen molar-refractivity contribution in [2.75, 3.05) is 13.6 Å². The van der Waals surface area contributed by atoms with Gasteiger partial charge in [-0.25, -0.2) is 0 Å². The lowest BCUT2D eigenvalue weighted by atomic mass is 10.1. The summed E-state index contributed by atoms with van der Waals surface area (Å²) >= 11 is 0. The highest BCUT2D eigenvalue weighted by Gasteiger charge is 2.13. The van der Waals surface area contributed by atoms with Crippen molar-refractivity contribution in [1.29, 1.82) is 0 Å². The quantitative estimate of drug-likeness (QED) is 0.820. The van der Waals surface area contributed by atoms with Crippen LogP contribution in [0.2, 0.25) is 0 Å². The Morgan fingerprint density at radius 3 is 2.80 bits per heavy atom. The number of carbonyl (C=O) groups is 1. The normalized spacial score (nSPS) is 10.7. The minimum atomic E-state index is -0.0243. The first-order valence-electron chi connectivity index (χ1n) is 5.34. The van der Waals surface area contributed by atoms with Gasteiger partial charge in [0, 0.05) is 19.3 Å². The third kappa shape index (κ3) is 3.08. The molecular formula is C11H19N3O. The molecule has 0 fully saturated rings. The number of H-pyrrole nitrogens is 1. The molecule has 4 heteroatoms. The fourth-order valence-electron chi connectivity index (χ4n) is 1.35. The fraction of sp³-hybridized carbons (Fsp3) is 0.636. The van der Waals surface area contributed by atoms with Crippen molar-refractivity contribution in [3.05, 3.63) is 17.5 Å². The Morgan fingerprint density at radius 1 is 1.60 bits per heavy atom. The van der Waals surface area contributed by atoms with Crippen LogP contribution in [0.1, 0.15) is 37.0 Å². The van der Waals surface area contributed by atoms with Crippen molar-refractivity contribution >= 4 is 5.91 Å². The van der Waals surface area contributed by atoms with E-state index >= 15 is 0 Å². The van der Waals surface area contributed by atoms with Gasteiger partial charge in [0.1, 0.15) is 5.69 Å². The van der Waals surface area contributed by atoms with Crippen molar-refractivity contribution in [2.45, 2.75) is 27.2 Å². The molecule has 0 atom stereocenters. The predicted molar refractivity (Wildman–Crippen MR) is 59.8 cm³/mol. The molecule has 84 valence electrons. The van der Waals surface area contributed by atoms with Gasteiger partial charge in [0.05, 0.1) is 0 Å². The number of nitrogens with one attached hydrogen (secondary N) is 1. The number of rotatable bonds is 4. The molecule has 0 bridgehead atoms. The summed E-state index contributed by atoms with van der Waals surface area (Å²) in [4.78, 5) is 13.4. The van der Waals surface area contributed by atoms with Crippen molar-refractivity contribution in [3.8, 4) is 0 Å².